The maximum atomic E-state index is 11.9. The summed E-state index contributed by atoms with van der Waals surface area (Å²) < 4.78 is 10.2. The molecule has 6 nitrogen and oxygen atoms in total. The third-order valence-electron chi connectivity index (χ3n) is 2.61. The van der Waals surface area contributed by atoms with E-state index in [2.05, 4.69) is 0 Å². The standard InChI is InChI=1S/C14H12O6/c1-2-4-12(16)20-10-6-3-5-9-13(10)8(15)7-11(19-9)14(17)18/h3,5-7H,2,4H2,1H3,(H,17,18). The fraction of sp³-hybridized carbons (Fsp3) is 0.214. The molecule has 0 aliphatic rings. The molecule has 104 valence electrons. The molecule has 6 heteroatoms. The number of carboxylic acids is 1. The van der Waals surface area contributed by atoms with Crippen LogP contribution >= 0.6 is 0 Å². The van der Waals surface area contributed by atoms with Crippen LogP contribution < -0.4 is 10.2 Å². The number of carbonyl (C=O) groups is 2. The van der Waals surface area contributed by atoms with Gasteiger partial charge in [0.15, 0.2) is 5.43 Å². The van der Waals surface area contributed by atoms with Crippen molar-refractivity contribution >= 4 is 22.9 Å². The summed E-state index contributed by atoms with van der Waals surface area (Å²) in [6.45, 7) is 1.83. The van der Waals surface area contributed by atoms with Crippen LogP contribution in [0, 0.1) is 0 Å². The fourth-order valence-electron chi connectivity index (χ4n) is 1.75. The number of hydrogen-bond donors (Lipinski definition) is 1. The topological polar surface area (TPSA) is 93.8 Å². The van der Waals surface area contributed by atoms with E-state index < -0.39 is 23.1 Å². The number of carboxylic acid groups (broad SMARTS) is 1. The zero-order chi connectivity index (χ0) is 14.7. The molecule has 1 heterocycles. The summed E-state index contributed by atoms with van der Waals surface area (Å²) in [5.41, 5.74) is -0.500. The third kappa shape index (κ3) is 2.69. The van der Waals surface area contributed by atoms with Crippen molar-refractivity contribution in [3.8, 4) is 5.75 Å². The lowest BCUT2D eigenvalue weighted by Gasteiger charge is -2.06. The zero-order valence-electron chi connectivity index (χ0n) is 10.7. The second kappa shape index (κ2) is 5.56. The minimum atomic E-state index is -1.34. The molecule has 0 aliphatic carbocycles. The van der Waals surface area contributed by atoms with E-state index in [-0.39, 0.29) is 23.1 Å². The summed E-state index contributed by atoms with van der Waals surface area (Å²) in [6, 6.07) is 5.29. The molecule has 0 amide bonds. The molecule has 0 unspecified atom stereocenters. The highest BCUT2D eigenvalue weighted by Gasteiger charge is 2.15. The first-order valence-electron chi connectivity index (χ1n) is 6.03. The van der Waals surface area contributed by atoms with Crippen molar-refractivity contribution in [2.45, 2.75) is 19.8 Å². The second-order valence-corrected chi connectivity index (χ2v) is 4.13. The Morgan fingerprint density at radius 1 is 1.35 bits per heavy atom. The van der Waals surface area contributed by atoms with E-state index in [1.54, 1.807) is 0 Å². The fourth-order valence-corrected chi connectivity index (χ4v) is 1.75. The molecule has 0 atom stereocenters. The van der Waals surface area contributed by atoms with Gasteiger partial charge in [-0.1, -0.05) is 13.0 Å². The molecule has 1 aromatic heterocycles. The van der Waals surface area contributed by atoms with Gasteiger partial charge in [-0.3, -0.25) is 9.59 Å². The minimum absolute atomic E-state index is 0.0574. The van der Waals surface area contributed by atoms with E-state index >= 15 is 0 Å². The van der Waals surface area contributed by atoms with Crippen LogP contribution in [0.15, 0.2) is 33.5 Å². The predicted octanol–water partition coefficient (Wildman–Crippen LogP) is 2.20. The highest BCUT2D eigenvalue weighted by molar-refractivity contribution is 5.90. The highest BCUT2D eigenvalue weighted by Crippen LogP contribution is 2.23. The van der Waals surface area contributed by atoms with E-state index in [0.29, 0.717) is 6.42 Å². The van der Waals surface area contributed by atoms with Crippen molar-refractivity contribution in [2.75, 3.05) is 0 Å². The highest BCUT2D eigenvalue weighted by atomic mass is 16.5. The monoisotopic (exact) mass is 276 g/mol. The number of esters is 1. The Labute approximate surface area is 113 Å². The number of hydrogen-bond acceptors (Lipinski definition) is 5. The van der Waals surface area contributed by atoms with E-state index in [1.807, 2.05) is 6.92 Å². The molecule has 0 saturated carbocycles. The SMILES string of the molecule is CCCC(=O)Oc1cccc2oc(C(=O)O)cc(=O)c12. The van der Waals surface area contributed by atoms with Crippen LogP contribution in [0.5, 0.6) is 5.75 Å². The van der Waals surface area contributed by atoms with Crippen LogP contribution in [0.3, 0.4) is 0 Å². The van der Waals surface area contributed by atoms with Crippen LogP contribution in [0.25, 0.3) is 11.0 Å². The van der Waals surface area contributed by atoms with E-state index in [9.17, 15) is 14.4 Å². The van der Waals surface area contributed by atoms with E-state index in [0.717, 1.165) is 6.07 Å². The van der Waals surface area contributed by atoms with Gasteiger partial charge in [-0.25, -0.2) is 4.79 Å². The van der Waals surface area contributed by atoms with Crippen molar-refractivity contribution in [1.82, 2.24) is 0 Å². The summed E-state index contributed by atoms with van der Waals surface area (Å²) >= 11 is 0. The van der Waals surface area contributed by atoms with Crippen LogP contribution in [-0.2, 0) is 4.79 Å². The van der Waals surface area contributed by atoms with Crippen molar-refractivity contribution in [2.24, 2.45) is 0 Å². The molecule has 0 radical (unpaired) electrons. The van der Waals surface area contributed by atoms with Gasteiger partial charge in [-0.15, -0.1) is 0 Å². The van der Waals surface area contributed by atoms with Gasteiger partial charge in [0.05, 0.1) is 0 Å². The van der Waals surface area contributed by atoms with Crippen molar-refractivity contribution < 1.29 is 23.8 Å². The molecule has 0 bridgehead atoms. The Balaban J connectivity index is 2.55. The number of carbonyl (C=O) groups excluding carboxylic acids is 1. The molecule has 1 N–H and O–H groups in total. The van der Waals surface area contributed by atoms with Gasteiger partial charge in [0, 0.05) is 12.5 Å². The van der Waals surface area contributed by atoms with Gasteiger partial charge in [-0.05, 0) is 18.6 Å². The summed E-state index contributed by atoms with van der Waals surface area (Å²) in [5, 5.41) is 8.89. The first-order valence-corrected chi connectivity index (χ1v) is 6.03. The van der Waals surface area contributed by atoms with Gasteiger partial charge in [0.1, 0.15) is 16.7 Å². The van der Waals surface area contributed by atoms with Crippen LogP contribution in [0.1, 0.15) is 30.3 Å². The largest absolute Gasteiger partial charge is 0.475 e. The molecular weight excluding hydrogens is 264 g/mol. The smallest absolute Gasteiger partial charge is 0.371 e. The molecule has 2 aromatic rings. The third-order valence-corrected chi connectivity index (χ3v) is 2.61. The Bertz CT molecular complexity index is 728. The number of ether oxygens (including phenoxy) is 1. The Hall–Kier alpha value is -2.63. The number of aromatic carboxylic acids is 1. The molecule has 0 spiro atoms. The van der Waals surface area contributed by atoms with Gasteiger partial charge in [0.2, 0.25) is 5.76 Å². The quantitative estimate of drug-likeness (QED) is 0.679. The maximum Gasteiger partial charge on any atom is 0.371 e. The van der Waals surface area contributed by atoms with Gasteiger partial charge >= 0.3 is 11.9 Å². The van der Waals surface area contributed by atoms with Crippen molar-refractivity contribution in [1.29, 1.82) is 0 Å². The second-order valence-electron chi connectivity index (χ2n) is 4.13. The molecular formula is C14H12O6. The van der Waals surface area contributed by atoms with E-state index in [4.69, 9.17) is 14.3 Å². The maximum absolute atomic E-state index is 11.9. The summed E-state index contributed by atoms with van der Waals surface area (Å²) in [6.07, 6.45) is 0.857. The van der Waals surface area contributed by atoms with Crippen LogP contribution in [-0.4, -0.2) is 17.0 Å². The zero-order valence-corrected chi connectivity index (χ0v) is 10.7. The molecule has 0 saturated heterocycles. The number of rotatable bonds is 4. The van der Waals surface area contributed by atoms with Gasteiger partial charge in [0.25, 0.3) is 0 Å². The molecule has 20 heavy (non-hydrogen) atoms. The average molecular weight is 276 g/mol. The number of fused-ring (bicyclic) bond motifs is 1. The number of benzene rings is 1. The Morgan fingerprint density at radius 3 is 2.75 bits per heavy atom. The molecule has 0 aliphatic heterocycles. The van der Waals surface area contributed by atoms with E-state index in [1.165, 1.54) is 18.2 Å². The lowest BCUT2D eigenvalue weighted by molar-refractivity contribution is -0.134. The van der Waals surface area contributed by atoms with Crippen LogP contribution in [0.4, 0.5) is 0 Å². The molecule has 2 rings (SSSR count). The summed E-state index contributed by atoms with van der Waals surface area (Å²) in [4.78, 5) is 34.3. The molecule has 0 fully saturated rings. The predicted molar refractivity (Wildman–Crippen MR) is 70.0 cm³/mol. The lowest BCUT2D eigenvalue weighted by atomic mass is 10.2. The summed E-state index contributed by atoms with van der Waals surface area (Å²) in [7, 11) is 0. The van der Waals surface area contributed by atoms with Gasteiger partial charge in [-0.2, -0.15) is 0 Å². The van der Waals surface area contributed by atoms with Gasteiger partial charge < -0.3 is 14.3 Å². The molecule has 1 aromatic carbocycles. The normalized spacial score (nSPS) is 10.4. The van der Waals surface area contributed by atoms with Crippen molar-refractivity contribution in [3.05, 3.63) is 40.2 Å². The average Bonchev–Trinajstić information content (AvgIpc) is 2.38. The van der Waals surface area contributed by atoms with Crippen LogP contribution in [0.2, 0.25) is 0 Å². The first kappa shape index (κ1) is 13.8. The minimum Gasteiger partial charge on any atom is -0.475 e. The Morgan fingerprint density at radius 2 is 2.10 bits per heavy atom. The summed E-state index contributed by atoms with van der Waals surface area (Å²) in [5.74, 6) is -2.18. The lowest BCUT2D eigenvalue weighted by Crippen LogP contribution is -2.11. The Kier molecular flexibility index (Phi) is 3.84. The first-order chi connectivity index (χ1) is 9.52. The van der Waals surface area contributed by atoms with Crippen molar-refractivity contribution in [3.63, 3.8) is 0 Å².